The lowest BCUT2D eigenvalue weighted by Crippen LogP contribution is -2.32. The molecule has 0 radical (unpaired) electrons. The summed E-state index contributed by atoms with van der Waals surface area (Å²) < 4.78 is 0. The van der Waals surface area contributed by atoms with Crippen LogP contribution in [-0.2, 0) is 22.7 Å². The number of rotatable bonds is 15. The number of hydrogen-bond acceptors (Lipinski definition) is 4. The maximum absolute atomic E-state index is 11.9. The summed E-state index contributed by atoms with van der Waals surface area (Å²) in [4.78, 5) is 39.6. The lowest BCUT2D eigenvalue weighted by molar-refractivity contribution is -0.142. The van der Waals surface area contributed by atoms with Crippen LogP contribution in [0.5, 0.6) is 0 Å². The Hall–Kier alpha value is -2.99. The fourth-order valence-electron chi connectivity index (χ4n) is 4.37. The molecule has 0 aliphatic carbocycles. The van der Waals surface area contributed by atoms with Gasteiger partial charge in [0.25, 0.3) is 0 Å². The summed E-state index contributed by atoms with van der Waals surface area (Å²) in [5.41, 5.74) is 2.71. The van der Waals surface area contributed by atoms with Gasteiger partial charge in [-0.15, -0.1) is 0 Å². The van der Waals surface area contributed by atoms with E-state index >= 15 is 0 Å². The van der Waals surface area contributed by atoms with Gasteiger partial charge in [0, 0.05) is 26.7 Å². The zero-order valence-electron chi connectivity index (χ0n) is 20.3. The minimum absolute atomic E-state index is 0.340. The van der Waals surface area contributed by atoms with Crippen LogP contribution in [0.1, 0.15) is 62.5 Å². The number of hydrogen-bond donors (Lipinski definition) is 0. The van der Waals surface area contributed by atoms with E-state index in [1.807, 2.05) is 0 Å². The molecule has 1 aliphatic heterocycles. The van der Waals surface area contributed by atoms with Crippen LogP contribution in [0.3, 0.4) is 0 Å². The number of likely N-dealkylation sites (N-methyl/N-ethyl adjacent to an activating group) is 1. The zero-order valence-corrected chi connectivity index (χ0v) is 20.3. The molecule has 182 valence electrons. The van der Waals surface area contributed by atoms with Crippen LogP contribution >= 0.6 is 0 Å². The Morgan fingerprint density at radius 3 is 1.56 bits per heavy atom. The number of unbranched alkanes of at least 4 members (excludes halogenated alkanes) is 7. The molecule has 0 N–H and O–H groups in total. The molecule has 1 aliphatic rings. The van der Waals surface area contributed by atoms with E-state index in [0.29, 0.717) is 6.54 Å². The van der Waals surface area contributed by atoms with E-state index in [9.17, 15) is 14.4 Å². The molecule has 0 unspecified atom stereocenters. The van der Waals surface area contributed by atoms with Gasteiger partial charge in [-0.25, -0.2) is 4.79 Å². The van der Waals surface area contributed by atoms with Gasteiger partial charge in [0.2, 0.25) is 0 Å². The molecule has 1 saturated heterocycles. The lowest BCUT2D eigenvalue weighted by atomic mass is 10.1. The van der Waals surface area contributed by atoms with Gasteiger partial charge < -0.3 is 0 Å². The van der Waals surface area contributed by atoms with Gasteiger partial charge in [-0.05, 0) is 30.5 Å². The third kappa shape index (κ3) is 7.80. The molecule has 34 heavy (non-hydrogen) atoms. The molecule has 0 saturated carbocycles. The highest BCUT2D eigenvalue weighted by Gasteiger charge is 2.41. The number of carbonyl (C=O) groups is 3. The van der Waals surface area contributed by atoms with Crippen molar-refractivity contribution in [2.45, 2.75) is 64.5 Å². The first-order chi connectivity index (χ1) is 16.6. The van der Waals surface area contributed by atoms with Crippen molar-refractivity contribution in [3.63, 3.8) is 0 Å². The van der Waals surface area contributed by atoms with Gasteiger partial charge in [-0.1, -0.05) is 99.2 Å². The molecule has 2 aromatic carbocycles. The molecule has 2 aromatic rings. The van der Waals surface area contributed by atoms with E-state index in [1.165, 1.54) is 50.3 Å². The zero-order chi connectivity index (χ0) is 24.2. The molecule has 0 bridgehead atoms. The van der Waals surface area contributed by atoms with Crippen molar-refractivity contribution in [1.29, 1.82) is 0 Å². The van der Waals surface area contributed by atoms with Gasteiger partial charge in [0.1, 0.15) is 0 Å². The van der Waals surface area contributed by atoms with Crippen LogP contribution in [0.4, 0.5) is 4.79 Å². The van der Waals surface area contributed by atoms with E-state index in [2.05, 4.69) is 65.6 Å². The van der Waals surface area contributed by atoms with Crippen molar-refractivity contribution < 1.29 is 14.4 Å². The van der Waals surface area contributed by atoms with Gasteiger partial charge in [-0.3, -0.25) is 24.3 Å². The molecular weight excluding hydrogens is 426 g/mol. The third-order valence-electron chi connectivity index (χ3n) is 6.35. The summed E-state index contributed by atoms with van der Waals surface area (Å²) in [6.45, 7) is 3.37. The quantitative estimate of drug-likeness (QED) is 0.206. The van der Waals surface area contributed by atoms with Gasteiger partial charge >= 0.3 is 17.8 Å². The first-order valence-electron chi connectivity index (χ1n) is 12.5. The normalized spacial score (nSPS) is 14.0. The molecule has 3 rings (SSSR count). The molecule has 1 fully saturated rings. The van der Waals surface area contributed by atoms with Crippen LogP contribution < -0.4 is 0 Å². The monoisotopic (exact) mass is 463 g/mol. The number of carbonyl (C=O) groups excluding carboxylic acids is 3. The van der Waals surface area contributed by atoms with Crippen molar-refractivity contribution in [1.82, 2.24) is 14.7 Å². The summed E-state index contributed by atoms with van der Waals surface area (Å²) in [5.74, 6) is -1.42. The van der Waals surface area contributed by atoms with E-state index < -0.39 is 17.8 Å². The standard InChI is InChI=1S/C28H37N3O3/c1-29-26(32)27(33)31(28(29)34)21-15-7-5-3-2-4-6-14-20-30(22-24-16-10-8-11-17-24)23-25-18-12-9-13-19-25/h8-13,16-19H,2-7,14-15,20-23H2,1H3. The first-order valence-corrected chi connectivity index (χ1v) is 12.5. The topological polar surface area (TPSA) is 60.9 Å². The SMILES string of the molecule is CN1C(=O)C(=O)N(CCCCCCCCCCN(Cc2ccccc2)Cc2ccccc2)C1=O. The molecule has 4 amide bonds. The molecule has 0 aromatic heterocycles. The molecule has 0 spiro atoms. The summed E-state index contributed by atoms with van der Waals surface area (Å²) in [7, 11) is 1.35. The van der Waals surface area contributed by atoms with E-state index in [4.69, 9.17) is 0 Å². The van der Waals surface area contributed by atoms with Gasteiger partial charge in [0.05, 0.1) is 0 Å². The highest BCUT2D eigenvalue weighted by molar-refractivity contribution is 6.44. The summed E-state index contributed by atoms with van der Waals surface area (Å²) in [6, 6.07) is 20.9. The Kier molecular flexibility index (Phi) is 10.3. The number of benzene rings is 2. The van der Waals surface area contributed by atoms with Crippen LogP contribution in [0, 0.1) is 0 Å². The Morgan fingerprint density at radius 2 is 1.09 bits per heavy atom. The molecule has 0 atom stereocenters. The predicted molar refractivity (Wildman–Crippen MR) is 134 cm³/mol. The Balaban J connectivity index is 1.27. The van der Waals surface area contributed by atoms with Crippen molar-refractivity contribution >= 4 is 17.8 Å². The van der Waals surface area contributed by atoms with Crippen LogP contribution in [-0.4, -0.2) is 52.7 Å². The molecule has 1 heterocycles. The highest BCUT2D eigenvalue weighted by Crippen LogP contribution is 2.15. The van der Waals surface area contributed by atoms with Crippen molar-refractivity contribution in [3.8, 4) is 0 Å². The van der Waals surface area contributed by atoms with E-state index in [0.717, 1.165) is 48.7 Å². The fraction of sp³-hybridized carbons (Fsp3) is 0.464. The molecule has 6 nitrogen and oxygen atoms in total. The largest absolute Gasteiger partial charge is 0.333 e. The van der Waals surface area contributed by atoms with E-state index in [1.54, 1.807) is 0 Å². The lowest BCUT2D eigenvalue weighted by Gasteiger charge is -2.22. The second kappa shape index (κ2) is 13.7. The summed E-state index contributed by atoms with van der Waals surface area (Å²) in [6.07, 6.45) is 8.84. The minimum Gasteiger partial charge on any atom is -0.295 e. The Labute approximate surface area is 203 Å². The maximum atomic E-state index is 11.9. The maximum Gasteiger partial charge on any atom is 0.333 e. The van der Waals surface area contributed by atoms with Crippen LogP contribution in [0.25, 0.3) is 0 Å². The van der Waals surface area contributed by atoms with Crippen LogP contribution in [0.15, 0.2) is 60.7 Å². The summed E-state index contributed by atoms with van der Waals surface area (Å²) >= 11 is 0. The summed E-state index contributed by atoms with van der Waals surface area (Å²) in [5, 5.41) is 0. The van der Waals surface area contributed by atoms with Crippen molar-refractivity contribution in [2.75, 3.05) is 20.1 Å². The number of imide groups is 2. The predicted octanol–water partition coefficient (Wildman–Crippen LogP) is 5.23. The molecular formula is C28H37N3O3. The average Bonchev–Trinajstić information content (AvgIpc) is 3.04. The number of nitrogens with zero attached hydrogens (tertiary/aromatic N) is 3. The smallest absolute Gasteiger partial charge is 0.295 e. The number of urea groups is 1. The average molecular weight is 464 g/mol. The number of amides is 4. The van der Waals surface area contributed by atoms with Gasteiger partial charge in [0.15, 0.2) is 0 Å². The second-order valence-corrected chi connectivity index (χ2v) is 9.11. The van der Waals surface area contributed by atoms with Crippen molar-refractivity contribution in [2.24, 2.45) is 0 Å². The van der Waals surface area contributed by atoms with Crippen molar-refractivity contribution in [3.05, 3.63) is 71.8 Å². The van der Waals surface area contributed by atoms with Gasteiger partial charge in [-0.2, -0.15) is 0 Å². The third-order valence-corrected chi connectivity index (χ3v) is 6.35. The minimum atomic E-state index is -0.726. The highest BCUT2D eigenvalue weighted by atomic mass is 16.2. The Morgan fingerprint density at radius 1 is 0.618 bits per heavy atom. The molecule has 6 heteroatoms. The fourth-order valence-corrected chi connectivity index (χ4v) is 4.37. The Bertz CT molecular complexity index is 876. The first kappa shape index (κ1) is 25.6. The van der Waals surface area contributed by atoms with E-state index in [-0.39, 0.29) is 0 Å². The second-order valence-electron chi connectivity index (χ2n) is 9.11. The van der Waals surface area contributed by atoms with Crippen LogP contribution in [0.2, 0.25) is 0 Å².